The number of H-pyrrole nitrogens is 1. The van der Waals surface area contributed by atoms with Crippen LogP contribution in [-0.2, 0) is 10.8 Å². The molecule has 2 aromatic rings. The SMILES string of the molecule is CC(C)(C)c1cccn(C2CC2CC(C)(C)c2ccc[nH]c2=O)c1=O. The van der Waals surface area contributed by atoms with E-state index in [1.807, 2.05) is 35.0 Å². The summed E-state index contributed by atoms with van der Waals surface area (Å²) in [5.41, 5.74) is 1.42. The molecule has 2 heterocycles. The minimum absolute atomic E-state index is 0.0170. The van der Waals surface area contributed by atoms with Gasteiger partial charge in [-0.1, -0.05) is 46.8 Å². The number of hydrogen-bond acceptors (Lipinski definition) is 2. The molecule has 3 rings (SSSR count). The third kappa shape index (κ3) is 3.48. The molecule has 0 spiro atoms. The van der Waals surface area contributed by atoms with Crippen LogP contribution in [0.4, 0.5) is 0 Å². The molecular weight excluding hydrogens is 312 g/mol. The van der Waals surface area contributed by atoms with Gasteiger partial charge in [0.2, 0.25) is 0 Å². The smallest absolute Gasteiger partial charge is 0.254 e. The van der Waals surface area contributed by atoms with Crippen LogP contribution < -0.4 is 11.1 Å². The molecule has 2 unspecified atom stereocenters. The van der Waals surface area contributed by atoms with Gasteiger partial charge in [-0.25, -0.2) is 0 Å². The molecule has 0 amide bonds. The van der Waals surface area contributed by atoms with Crippen LogP contribution in [0.3, 0.4) is 0 Å². The number of hydrogen-bond donors (Lipinski definition) is 1. The van der Waals surface area contributed by atoms with E-state index in [-0.39, 0.29) is 28.0 Å². The fourth-order valence-electron chi connectivity index (χ4n) is 3.85. The Balaban J connectivity index is 1.81. The fourth-order valence-corrected chi connectivity index (χ4v) is 3.85. The molecular formula is C21H28N2O2. The number of aromatic nitrogens is 2. The van der Waals surface area contributed by atoms with Gasteiger partial charge in [-0.3, -0.25) is 9.59 Å². The molecule has 1 fully saturated rings. The van der Waals surface area contributed by atoms with Crippen LogP contribution in [0.25, 0.3) is 0 Å². The largest absolute Gasteiger partial charge is 0.329 e. The van der Waals surface area contributed by atoms with Crippen molar-refractivity contribution in [2.24, 2.45) is 5.92 Å². The van der Waals surface area contributed by atoms with Crippen molar-refractivity contribution < 1.29 is 0 Å². The minimum Gasteiger partial charge on any atom is -0.329 e. The molecule has 25 heavy (non-hydrogen) atoms. The van der Waals surface area contributed by atoms with Gasteiger partial charge in [-0.2, -0.15) is 0 Å². The summed E-state index contributed by atoms with van der Waals surface area (Å²) in [5, 5.41) is 0. The summed E-state index contributed by atoms with van der Waals surface area (Å²) in [6.07, 6.45) is 5.47. The van der Waals surface area contributed by atoms with E-state index in [2.05, 4.69) is 39.6 Å². The van der Waals surface area contributed by atoms with Crippen molar-refractivity contribution in [3.05, 3.63) is 68.5 Å². The number of rotatable bonds is 4. The molecule has 0 saturated heterocycles. The highest BCUT2D eigenvalue weighted by atomic mass is 16.1. The van der Waals surface area contributed by atoms with Crippen LogP contribution in [0.1, 0.15) is 64.6 Å². The van der Waals surface area contributed by atoms with E-state index in [1.165, 1.54) is 0 Å². The topological polar surface area (TPSA) is 54.9 Å². The highest BCUT2D eigenvalue weighted by Crippen LogP contribution is 2.49. The zero-order chi connectivity index (χ0) is 18.4. The zero-order valence-electron chi connectivity index (χ0n) is 15.8. The molecule has 1 saturated carbocycles. The Bertz CT molecular complexity index is 883. The maximum atomic E-state index is 12.8. The molecule has 1 aliphatic rings. The lowest BCUT2D eigenvalue weighted by Gasteiger charge is -2.24. The van der Waals surface area contributed by atoms with E-state index >= 15 is 0 Å². The first-order valence-corrected chi connectivity index (χ1v) is 9.01. The van der Waals surface area contributed by atoms with Gasteiger partial charge in [-0.15, -0.1) is 0 Å². The number of nitrogens with one attached hydrogen (secondary N) is 1. The fraction of sp³-hybridized carbons (Fsp3) is 0.524. The second kappa shape index (κ2) is 6.01. The molecule has 4 nitrogen and oxygen atoms in total. The van der Waals surface area contributed by atoms with Crippen molar-refractivity contribution in [3.8, 4) is 0 Å². The Labute approximate surface area is 148 Å². The van der Waals surface area contributed by atoms with Crippen LogP contribution >= 0.6 is 0 Å². The molecule has 4 heteroatoms. The van der Waals surface area contributed by atoms with Gasteiger partial charge in [0.15, 0.2) is 0 Å². The van der Waals surface area contributed by atoms with E-state index in [0.717, 1.165) is 24.0 Å². The average Bonchev–Trinajstić information content (AvgIpc) is 3.24. The molecule has 2 atom stereocenters. The van der Waals surface area contributed by atoms with Crippen molar-refractivity contribution >= 4 is 0 Å². The number of pyridine rings is 2. The van der Waals surface area contributed by atoms with Crippen molar-refractivity contribution in [1.82, 2.24) is 9.55 Å². The Hall–Kier alpha value is -2.10. The van der Waals surface area contributed by atoms with Crippen molar-refractivity contribution in [3.63, 3.8) is 0 Å². The normalized spacial score (nSPS) is 20.5. The van der Waals surface area contributed by atoms with Crippen LogP contribution in [0.2, 0.25) is 0 Å². The minimum atomic E-state index is -0.209. The summed E-state index contributed by atoms with van der Waals surface area (Å²) in [5.74, 6) is 0.433. The van der Waals surface area contributed by atoms with Crippen LogP contribution in [-0.4, -0.2) is 9.55 Å². The lowest BCUT2D eigenvalue weighted by molar-refractivity contribution is 0.423. The monoisotopic (exact) mass is 340 g/mol. The summed E-state index contributed by atoms with van der Waals surface area (Å²) in [6, 6.07) is 7.94. The lowest BCUT2D eigenvalue weighted by Crippen LogP contribution is -2.30. The number of nitrogens with zero attached hydrogens (tertiary/aromatic N) is 1. The summed E-state index contributed by atoms with van der Waals surface area (Å²) in [6.45, 7) is 10.4. The molecule has 1 N–H and O–H groups in total. The summed E-state index contributed by atoms with van der Waals surface area (Å²) >= 11 is 0. The molecule has 1 aliphatic carbocycles. The molecule has 2 aromatic heterocycles. The highest BCUT2D eigenvalue weighted by molar-refractivity contribution is 5.23. The Kier molecular flexibility index (Phi) is 4.26. The van der Waals surface area contributed by atoms with Gasteiger partial charge < -0.3 is 9.55 Å². The van der Waals surface area contributed by atoms with Crippen molar-refractivity contribution in [2.75, 3.05) is 0 Å². The van der Waals surface area contributed by atoms with Crippen LogP contribution in [0.15, 0.2) is 46.2 Å². The standard InChI is InChI=1S/C21H28N2O2/c1-20(2,3)16-9-7-11-23(19(16)25)17-12-14(17)13-21(4,5)15-8-6-10-22-18(15)24/h6-11,14,17H,12-13H2,1-5H3,(H,22,24). The molecule has 134 valence electrons. The lowest BCUT2D eigenvalue weighted by atomic mass is 9.80. The molecule has 0 aromatic carbocycles. The third-order valence-electron chi connectivity index (χ3n) is 5.34. The first-order valence-electron chi connectivity index (χ1n) is 9.01. The first-order chi connectivity index (χ1) is 11.6. The Morgan fingerprint density at radius 2 is 1.76 bits per heavy atom. The van der Waals surface area contributed by atoms with E-state index < -0.39 is 0 Å². The van der Waals surface area contributed by atoms with Gasteiger partial charge in [0.25, 0.3) is 11.1 Å². The highest BCUT2D eigenvalue weighted by Gasteiger charge is 2.43. The van der Waals surface area contributed by atoms with E-state index in [9.17, 15) is 9.59 Å². The van der Waals surface area contributed by atoms with E-state index in [1.54, 1.807) is 6.20 Å². The summed E-state index contributed by atoms with van der Waals surface area (Å²) in [7, 11) is 0. The predicted molar refractivity (Wildman–Crippen MR) is 101 cm³/mol. The van der Waals surface area contributed by atoms with Crippen molar-refractivity contribution in [2.45, 2.75) is 64.3 Å². The first kappa shape index (κ1) is 17.7. The van der Waals surface area contributed by atoms with Gasteiger partial charge in [0.05, 0.1) is 0 Å². The summed E-state index contributed by atoms with van der Waals surface area (Å²) < 4.78 is 1.90. The second-order valence-corrected chi connectivity index (χ2v) is 8.95. The average molecular weight is 340 g/mol. The molecule has 0 radical (unpaired) electrons. The summed E-state index contributed by atoms with van der Waals surface area (Å²) in [4.78, 5) is 27.7. The van der Waals surface area contributed by atoms with Gasteiger partial charge in [0, 0.05) is 29.6 Å². The van der Waals surface area contributed by atoms with Crippen LogP contribution in [0.5, 0.6) is 0 Å². The quantitative estimate of drug-likeness (QED) is 0.921. The van der Waals surface area contributed by atoms with Gasteiger partial charge in [-0.05, 0) is 41.7 Å². The van der Waals surface area contributed by atoms with Gasteiger partial charge >= 0.3 is 0 Å². The van der Waals surface area contributed by atoms with Gasteiger partial charge in [0.1, 0.15) is 0 Å². The molecule has 0 bridgehead atoms. The maximum absolute atomic E-state index is 12.8. The Morgan fingerprint density at radius 1 is 1.08 bits per heavy atom. The second-order valence-electron chi connectivity index (χ2n) is 8.95. The number of aromatic amines is 1. The molecule has 0 aliphatic heterocycles. The van der Waals surface area contributed by atoms with Crippen molar-refractivity contribution in [1.29, 1.82) is 0 Å². The maximum Gasteiger partial charge on any atom is 0.254 e. The van der Waals surface area contributed by atoms with Crippen LogP contribution in [0, 0.1) is 5.92 Å². The zero-order valence-corrected chi connectivity index (χ0v) is 15.8. The third-order valence-corrected chi connectivity index (χ3v) is 5.34. The van der Waals surface area contributed by atoms with E-state index in [4.69, 9.17) is 0 Å². The van der Waals surface area contributed by atoms with E-state index in [0.29, 0.717) is 5.92 Å². The predicted octanol–water partition coefficient (Wildman–Crippen LogP) is 3.76. The Morgan fingerprint density at radius 3 is 2.40 bits per heavy atom.